The third-order valence-corrected chi connectivity index (χ3v) is 4.06. The highest BCUT2D eigenvalue weighted by Gasteiger charge is 2.14. The van der Waals surface area contributed by atoms with Crippen LogP contribution >= 0.6 is 15.9 Å². The Morgan fingerprint density at radius 1 is 1.17 bits per heavy atom. The van der Waals surface area contributed by atoms with E-state index in [1.807, 2.05) is 25.1 Å². The van der Waals surface area contributed by atoms with E-state index in [1.54, 1.807) is 30.3 Å². The summed E-state index contributed by atoms with van der Waals surface area (Å²) < 4.78 is 2.35. The Balaban J connectivity index is 2.09. The van der Waals surface area contributed by atoms with Gasteiger partial charge >= 0.3 is 5.69 Å². The molecule has 2 aromatic carbocycles. The molecule has 3 aromatic rings. The molecule has 0 fully saturated rings. The molecule has 0 aliphatic carbocycles. The number of fused-ring (bicyclic) bond motifs is 1. The SMILES string of the molecule is CCn1c(NC(=O)c2ccc(Br)cc2)c2ccccc2nc1=O. The lowest BCUT2D eigenvalue weighted by molar-refractivity contribution is 0.102. The molecule has 0 aliphatic heterocycles. The van der Waals surface area contributed by atoms with Crippen molar-refractivity contribution in [1.82, 2.24) is 9.55 Å². The van der Waals surface area contributed by atoms with Crippen LogP contribution in [-0.2, 0) is 6.54 Å². The van der Waals surface area contributed by atoms with Crippen molar-refractivity contribution in [3.8, 4) is 0 Å². The van der Waals surface area contributed by atoms with E-state index in [9.17, 15) is 9.59 Å². The summed E-state index contributed by atoms with van der Waals surface area (Å²) in [5.74, 6) is 0.200. The van der Waals surface area contributed by atoms with E-state index in [-0.39, 0.29) is 11.6 Å². The summed E-state index contributed by atoms with van der Waals surface area (Å²) >= 11 is 3.34. The third-order valence-electron chi connectivity index (χ3n) is 3.53. The number of halogens is 1. The highest BCUT2D eigenvalue weighted by molar-refractivity contribution is 9.10. The second-order valence-corrected chi connectivity index (χ2v) is 5.88. The Labute approximate surface area is 141 Å². The molecule has 1 amide bonds. The van der Waals surface area contributed by atoms with Gasteiger partial charge in [0.2, 0.25) is 0 Å². The van der Waals surface area contributed by atoms with Gasteiger partial charge in [0.15, 0.2) is 0 Å². The zero-order chi connectivity index (χ0) is 16.4. The van der Waals surface area contributed by atoms with E-state index in [4.69, 9.17) is 0 Å². The number of amides is 1. The van der Waals surface area contributed by atoms with Gasteiger partial charge in [-0.1, -0.05) is 28.1 Å². The summed E-state index contributed by atoms with van der Waals surface area (Å²) in [7, 11) is 0. The van der Waals surface area contributed by atoms with Gasteiger partial charge < -0.3 is 5.32 Å². The molecule has 0 saturated carbocycles. The zero-order valence-electron chi connectivity index (χ0n) is 12.4. The first-order valence-electron chi connectivity index (χ1n) is 7.16. The standard InChI is InChI=1S/C17H14BrN3O2/c1-2-21-15(13-5-3-4-6-14(13)19-17(21)23)20-16(22)11-7-9-12(18)10-8-11/h3-10H,2H2,1H3,(H,20,22). The van der Waals surface area contributed by atoms with Gasteiger partial charge in [-0.05, 0) is 43.3 Å². The molecule has 116 valence electrons. The molecule has 0 saturated heterocycles. The molecule has 3 rings (SSSR count). The molecular formula is C17H14BrN3O2. The van der Waals surface area contributed by atoms with Gasteiger partial charge in [0, 0.05) is 22.0 Å². The molecule has 0 atom stereocenters. The fourth-order valence-electron chi connectivity index (χ4n) is 2.38. The summed E-state index contributed by atoms with van der Waals surface area (Å²) in [6.45, 7) is 2.26. The maximum Gasteiger partial charge on any atom is 0.349 e. The predicted molar refractivity (Wildman–Crippen MR) is 93.8 cm³/mol. The Bertz CT molecular complexity index is 933. The van der Waals surface area contributed by atoms with Crippen molar-refractivity contribution in [2.24, 2.45) is 0 Å². The minimum absolute atomic E-state index is 0.268. The van der Waals surface area contributed by atoms with Gasteiger partial charge in [0.05, 0.1) is 5.52 Å². The van der Waals surface area contributed by atoms with Crippen LogP contribution in [0.2, 0.25) is 0 Å². The highest BCUT2D eigenvalue weighted by atomic mass is 79.9. The molecule has 1 heterocycles. The first-order valence-corrected chi connectivity index (χ1v) is 7.96. The number of rotatable bonds is 3. The Morgan fingerprint density at radius 2 is 1.87 bits per heavy atom. The number of para-hydroxylation sites is 1. The molecule has 0 unspecified atom stereocenters. The van der Waals surface area contributed by atoms with Gasteiger partial charge in [0.25, 0.3) is 5.91 Å². The van der Waals surface area contributed by atoms with E-state index < -0.39 is 0 Å². The van der Waals surface area contributed by atoms with Crippen molar-refractivity contribution < 1.29 is 4.79 Å². The summed E-state index contributed by atoms with van der Waals surface area (Å²) in [5, 5.41) is 3.59. The van der Waals surface area contributed by atoms with E-state index in [2.05, 4.69) is 26.2 Å². The van der Waals surface area contributed by atoms with Crippen LogP contribution in [0.25, 0.3) is 10.9 Å². The monoisotopic (exact) mass is 371 g/mol. The smallest absolute Gasteiger partial charge is 0.307 e. The van der Waals surface area contributed by atoms with Crippen LogP contribution in [0.3, 0.4) is 0 Å². The lowest BCUT2D eigenvalue weighted by Crippen LogP contribution is -2.27. The van der Waals surface area contributed by atoms with E-state index in [0.29, 0.717) is 23.4 Å². The molecule has 5 nitrogen and oxygen atoms in total. The lowest BCUT2D eigenvalue weighted by atomic mass is 10.2. The van der Waals surface area contributed by atoms with Gasteiger partial charge in [-0.25, -0.2) is 4.79 Å². The average molecular weight is 372 g/mol. The van der Waals surface area contributed by atoms with Crippen LogP contribution in [0.4, 0.5) is 5.82 Å². The van der Waals surface area contributed by atoms with E-state index in [0.717, 1.165) is 9.86 Å². The minimum Gasteiger partial charge on any atom is -0.307 e. The normalized spacial score (nSPS) is 10.7. The Hall–Kier alpha value is -2.47. The van der Waals surface area contributed by atoms with Gasteiger partial charge in [-0.3, -0.25) is 9.36 Å². The van der Waals surface area contributed by atoms with Crippen LogP contribution in [0.1, 0.15) is 17.3 Å². The van der Waals surface area contributed by atoms with E-state index in [1.165, 1.54) is 4.57 Å². The van der Waals surface area contributed by atoms with Crippen molar-refractivity contribution in [1.29, 1.82) is 0 Å². The van der Waals surface area contributed by atoms with Crippen molar-refractivity contribution in [3.63, 3.8) is 0 Å². The number of nitrogens with zero attached hydrogens (tertiary/aromatic N) is 2. The fourth-order valence-corrected chi connectivity index (χ4v) is 2.65. The molecule has 0 spiro atoms. The molecule has 1 aromatic heterocycles. The maximum atomic E-state index is 12.5. The molecular weight excluding hydrogens is 358 g/mol. The molecule has 1 N–H and O–H groups in total. The predicted octanol–water partition coefficient (Wildman–Crippen LogP) is 3.43. The fraction of sp³-hybridized carbons (Fsp3) is 0.118. The van der Waals surface area contributed by atoms with Gasteiger partial charge in [-0.15, -0.1) is 0 Å². The van der Waals surface area contributed by atoms with Crippen LogP contribution in [0.5, 0.6) is 0 Å². The molecule has 23 heavy (non-hydrogen) atoms. The molecule has 0 radical (unpaired) electrons. The minimum atomic E-state index is -0.377. The van der Waals surface area contributed by atoms with Crippen LogP contribution in [0, 0.1) is 0 Å². The highest BCUT2D eigenvalue weighted by Crippen LogP contribution is 2.21. The summed E-state index contributed by atoms with van der Waals surface area (Å²) in [6.07, 6.45) is 0. The number of nitrogens with one attached hydrogen (secondary N) is 1. The Kier molecular flexibility index (Phi) is 4.25. The second kappa shape index (κ2) is 6.34. The van der Waals surface area contributed by atoms with Crippen LogP contribution in [-0.4, -0.2) is 15.5 Å². The number of aromatic nitrogens is 2. The topological polar surface area (TPSA) is 64.0 Å². The van der Waals surface area contributed by atoms with Crippen LogP contribution in [0.15, 0.2) is 57.8 Å². The number of carbonyl (C=O) groups excluding carboxylic acids is 1. The average Bonchev–Trinajstić information content (AvgIpc) is 2.55. The number of hydrogen-bond acceptors (Lipinski definition) is 3. The van der Waals surface area contributed by atoms with Gasteiger partial charge in [0.1, 0.15) is 5.82 Å². The van der Waals surface area contributed by atoms with Crippen molar-refractivity contribution in [2.75, 3.05) is 5.32 Å². The second-order valence-electron chi connectivity index (χ2n) is 4.97. The van der Waals surface area contributed by atoms with E-state index >= 15 is 0 Å². The molecule has 6 heteroatoms. The first-order chi connectivity index (χ1) is 11.1. The van der Waals surface area contributed by atoms with Crippen LogP contribution < -0.4 is 11.0 Å². The maximum absolute atomic E-state index is 12.5. The third kappa shape index (κ3) is 3.03. The number of anilines is 1. The molecule has 0 bridgehead atoms. The quantitative estimate of drug-likeness (QED) is 0.766. The van der Waals surface area contributed by atoms with Crippen molar-refractivity contribution >= 4 is 38.6 Å². The zero-order valence-corrected chi connectivity index (χ0v) is 14.0. The number of hydrogen-bond donors (Lipinski definition) is 1. The number of carbonyl (C=O) groups is 1. The summed E-state index contributed by atoms with van der Waals surface area (Å²) in [5.41, 5.74) is 0.704. The number of benzene rings is 2. The summed E-state index contributed by atoms with van der Waals surface area (Å²) in [4.78, 5) is 28.7. The van der Waals surface area contributed by atoms with Gasteiger partial charge in [-0.2, -0.15) is 4.98 Å². The summed E-state index contributed by atoms with van der Waals surface area (Å²) in [6, 6.07) is 14.3. The lowest BCUT2D eigenvalue weighted by Gasteiger charge is -2.14. The first kappa shape index (κ1) is 15.4. The molecule has 0 aliphatic rings. The Morgan fingerprint density at radius 3 is 2.57 bits per heavy atom. The van der Waals surface area contributed by atoms with Crippen molar-refractivity contribution in [3.05, 3.63) is 69.1 Å². The largest absolute Gasteiger partial charge is 0.349 e. The van der Waals surface area contributed by atoms with Crippen molar-refractivity contribution in [2.45, 2.75) is 13.5 Å².